The Kier molecular flexibility index (Phi) is 4.38. The summed E-state index contributed by atoms with van der Waals surface area (Å²) in [5.74, 6) is 0.523. The minimum Gasteiger partial charge on any atom is -0.496 e. The summed E-state index contributed by atoms with van der Waals surface area (Å²) in [6.45, 7) is 0. The Hall–Kier alpha value is -3.35. The van der Waals surface area contributed by atoms with Crippen LogP contribution in [0, 0.1) is 0 Å². The molecule has 1 heterocycles. The smallest absolute Gasteiger partial charge is 0.282 e. The van der Waals surface area contributed by atoms with E-state index in [1.807, 2.05) is 0 Å². The molecule has 2 amide bonds. The van der Waals surface area contributed by atoms with Gasteiger partial charge in [-0.25, -0.2) is 0 Å². The van der Waals surface area contributed by atoms with Crippen LogP contribution in [0.25, 0.3) is 0 Å². The van der Waals surface area contributed by atoms with E-state index in [4.69, 9.17) is 14.2 Å². The summed E-state index contributed by atoms with van der Waals surface area (Å²) >= 11 is 0. The van der Waals surface area contributed by atoms with Crippen molar-refractivity contribution < 1.29 is 23.8 Å². The Morgan fingerprint density at radius 2 is 1.36 bits per heavy atom. The van der Waals surface area contributed by atoms with Crippen LogP contribution in [0.4, 0.5) is 0 Å². The first-order chi connectivity index (χ1) is 12.1. The maximum atomic E-state index is 12.3. The van der Waals surface area contributed by atoms with E-state index in [1.165, 1.54) is 27.5 Å². The van der Waals surface area contributed by atoms with Gasteiger partial charge < -0.3 is 14.2 Å². The number of imide groups is 1. The Morgan fingerprint density at radius 1 is 0.840 bits per heavy atom. The van der Waals surface area contributed by atoms with E-state index in [1.54, 1.807) is 36.4 Å². The molecule has 0 saturated carbocycles. The number of hydrazone groups is 1. The third-order valence-electron chi connectivity index (χ3n) is 3.82. The fourth-order valence-electron chi connectivity index (χ4n) is 2.56. The number of hydrogen-bond donors (Lipinski definition) is 0. The fraction of sp³-hybridized carbons (Fsp3) is 0.167. The first-order valence-electron chi connectivity index (χ1n) is 7.42. The van der Waals surface area contributed by atoms with Crippen molar-refractivity contribution in [1.82, 2.24) is 5.01 Å². The second kappa shape index (κ2) is 6.64. The van der Waals surface area contributed by atoms with Crippen LogP contribution in [0.3, 0.4) is 0 Å². The van der Waals surface area contributed by atoms with Crippen molar-refractivity contribution in [1.29, 1.82) is 0 Å². The highest BCUT2D eigenvalue weighted by Crippen LogP contribution is 2.34. The zero-order valence-corrected chi connectivity index (χ0v) is 14.0. The van der Waals surface area contributed by atoms with Gasteiger partial charge in [-0.2, -0.15) is 10.1 Å². The van der Waals surface area contributed by atoms with Gasteiger partial charge in [0, 0.05) is 11.6 Å². The topological polar surface area (TPSA) is 77.4 Å². The molecule has 2 aromatic rings. The van der Waals surface area contributed by atoms with Crippen LogP contribution in [-0.4, -0.2) is 44.4 Å². The average molecular weight is 340 g/mol. The number of nitrogens with zero attached hydrogens (tertiary/aromatic N) is 2. The van der Waals surface area contributed by atoms with Gasteiger partial charge in [0.2, 0.25) is 0 Å². The molecule has 2 aromatic carbocycles. The minimum atomic E-state index is -0.462. The monoisotopic (exact) mass is 340 g/mol. The van der Waals surface area contributed by atoms with Crippen molar-refractivity contribution in [2.75, 3.05) is 21.3 Å². The summed E-state index contributed by atoms with van der Waals surface area (Å²) in [4.78, 5) is 24.6. The number of amides is 2. The molecule has 0 atom stereocenters. The lowest BCUT2D eigenvalue weighted by Crippen LogP contribution is -2.24. The summed E-state index contributed by atoms with van der Waals surface area (Å²) in [6.07, 6.45) is 1.38. The minimum absolute atomic E-state index is 0.337. The lowest BCUT2D eigenvalue weighted by atomic mass is 10.1. The highest BCUT2D eigenvalue weighted by Gasteiger charge is 2.35. The van der Waals surface area contributed by atoms with E-state index in [0.29, 0.717) is 33.9 Å². The molecule has 0 aromatic heterocycles. The SMILES string of the molecule is COc1cc(OC)c(OC)cc1/C=N/N1C(=O)c2ccccc2C1=O. The second-order valence-corrected chi connectivity index (χ2v) is 5.16. The molecule has 7 nitrogen and oxygen atoms in total. The van der Waals surface area contributed by atoms with Crippen LogP contribution < -0.4 is 14.2 Å². The summed E-state index contributed by atoms with van der Waals surface area (Å²) in [5.41, 5.74) is 1.21. The number of carbonyl (C=O) groups excluding carboxylic acids is 2. The van der Waals surface area contributed by atoms with E-state index < -0.39 is 11.8 Å². The van der Waals surface area contributed by atoms with Gasteiger partial charge in [0.15, 0.2) is 11.5 Å². The number of methoxy groups -OCH3 is 3. The Balaban J connectivity index is 1.95. The summed E-state index contributed by atoms with van der Waals surface area (Å²) in [6, 6.07) is 9.90. The van der Waals surface area contributed by atoms with Gasteiger partial charge >= 0.3 is 0 Å². The van der Waals surface area contributed by atoms with Crippen molar-refractivity contribution in [3.8, 4) is 17.2 Å². The first kappa shape index (κ1) is 16.5. The van der Waals surface area contributed by atoms with Gasteiger partial charge in [-0.15, -0.1) is 0 Å². The van der Waals surface area contributed by atoms with Gasteiger partial charge in [-0.05, 0) is 18.2 Å². The van der Waals surface area contributed by atoms with E-state index in [2.05, 4.69) is 5.10 Å². The molecule has 0 bridgehead atoms. The number of fused-ring (bicyclic) bond motifs is 1. The van der Waals surface area contributed by atoms with Crippen LogP contribution in [0.5, 0.6) is 17.2 Å². The van der Waals surface area contributed by atoms with Crippen molar-refractivity contribution in [2.45, 2.75) is 0 Å². The number of ether oxygens (including phenoxy) is 3. The van der Waals surface area contributed by atoms with Gasteiger partial charge in [-0.1, -0.05) is 12.1 Å². The Bertz CT molecular complexity index is 841. The molecule has 3 rings (SSSR count). The highest BCUT2D eigenvalue weighted by molar-refractivity contribution is 6.21. The predicted octanol–water partition coefficient (Wildman–Crippen LogP) is 2.34. The number of hydrogen-bond acceptors (Lipinski definition) is 6. The molecule has 0 saturated heterocycles. The number of carbonyl (C=O) groups is 2. The van der Waals surface area contributed by atoms with Crippen LogP contribution in [0.15, 0.2) is 41.5 Å². The molecule has 1 aliphatic rings. The van der Waals surface area contributed by atoms with Gasteiger partial charge in [0.1, 0.15) is 5.75 Å². The van der Waals surface area contributed by atoms with Crippen LogP contribution in [-0.2, 0) is 0 Å². The molecule has 0 N–H and O–H groups in total. The molecule has 0 fully saturated rings. The molecule has 0 spiro atoms. The van der Waals surface area contributed by atoms with Crippen LogP contribution in [0.2, 0.25) is 0 Å². The average Bonchev–Trinajstić information content (AvgIpc) is 2.90. The lowest BCUT2D eigenvalue weighted by Gasteiger charge is -2.12. The zero-order chi connectivity index (χ0) is 18.0. The largest absolute Gasteiger partial charge is 0.496 e. The maximum Gasteiger partial charge on any atom is 0.282 e. The quantitative estimate of drug-likeness (QED) is 0.617. The first-order valence-corrected chi connectivity index (χ1v) is 7.42. The zero-order valence-electron chi connectivity index (χ0n) is 14.0. The molecule has 7 heteroatoms. The number of benzene rings is 2. The molecular formula is C18H16N2O5. The molecule has 1 aliphatic heterocycles. The van der Waals surface area contributed by atoms with Gasteiger partial charge in [-0.3, -0.25) is 9.59 Å². The van der Waals surface area contributed by atoms with Crippen molar-refractivity contribution in [2.24, 2.45) is 5.10 Å². The van der Waals surface area contributed by atoms with E-state index in [0.717, 1.165) is 5.01 Å². The van der Waals surface area contributed by atoms with Gasteiger partial charge in [0.25, 0.3) is 11.8 Å². The predicted molar refractivity (Wildman–Crippen MR) is 90.6 cm³/mol. The molecule has 128 valence electrons. The third-order valence-corrected chi connectivity index (χ3v) is 3.82. The lowest BCUT2D eigenvalue weighted by molar-refractivity contribution is 0.0660. The third kappa shape index (κ3) is 2.80. The van der Waals surface area contributed by atoms with Crippen LogP contribution in [0.1, 0.15) is 26.3 Å². The summed E-state index contributed by atoms with van der Waals surface area (Å²) in [5, 5.41) is 4.88. The normalized spacial score (nSPS) is 13.3. The van der Waals surface area contributed by atoms with E-state index in [-0.39, 0.29) is 0 Å². The molecular weight excluding hydrogens is 324 g/mol. The van der Waals surface area contributed by atoms with Crippen molar-refractivity contribution in [3.05, 3.63) is 53.1 Å². The molecule has 0 unspecified atom stereocenters. The van der Waals surface area contributed by atoms with Crippen LogP contribution >= 0.6 is 0 Å². The standard InChI is InChI=1S/C18H16N2O5/c1-23-14-9-16(25-3)15(24-2)8-11(14)10-19-20-17(21)12-6-4-5-7-13(12)18(20)22/h4-10H,1-3H3/b19-10+. The highest BCUT2D eigenvalue weighted by atomic mass is 16.5. The maximum absolute atomic E-state index is 12.3. The summed E-state index contributed by atoms with van der Waals surface area (Å²) < 4.78 is 15.8. The molecule has 0 aliphatic carbocycles. The number of rotatable bonds is 5. The molecule has 0 radical (unpaired) electrons. The fourth-order valence-corrected chi connectivity index (χ4v) is 2.56. The second-order valence-electron chi connectivity index (χ2n) is 5.16. The molecule has 25 heavy (non-hydrogen) atoms. The van der Waals surface area contributed by atoms with E-state index >= 15 is 0 Å². The van der Waals surface area contributed by atoms with Crippen molar-refractivity contribution in [3.63, 3.8) is 0 Å². The Labute approximate surface area is 144 Å². The summed E-state index contributed by atoms with van der Waals surface area (Å²) in [7, 11) is 4.53. The van der Waals surface area contributed by atoms with Gasteiger partial charge in [0.05, 0.1) is 38.7 Å². The van der Waals surface area contributed by atoms with E-state index in [9.17, 15) is 9.59 Å². The van der Waals surface area contributed by atoms with Crippen molar-refractivity contribution >= 4 is 18.0 Å². The Morgan fingerprint density at radius 3 is 1.88 bits per heavy atom.